The highest BCUT2D eigenvalue weighted by Crippen LogP contribution is 2.54. The lowest BCUT2D eigenvalue weighted by Crippen LogP contribution is -2.58. The van der Waals surface area contributed by atoms with Gasteiger partial charge < -0.3 is 9.88 Å². The highest BCUT2D eigenvalue weighted by atomic mass is 19.4. The van der Waals surface area contributed by atoms with Crippen molar-refractivity contribution in [3.05, 3.63) is 52.6 Å². The predicted octanol–water partition coefficient (Wildman–Crippen LogP) is 3.91. The van der Waals surface area contributed by atoms with Gasteiger partial charge in [0.2, 0.25) is 0 Å². The number of alkyl halides is 5. The number of halogens is 5. The van der Waals surface area contributed by atoms with Crippen molar-refractivity contribution < 1.29 is 26.7 Å². The highest BCUT2D eigenvalue weighted by molar-refractivity contribution is 5.95. The molecule has 0 bridgehead atoms. The molecule has 4 rings (SSSR count). The molecular formula is C18H16F5N3O. The third-order valence-electron chi connectivity index (χ3n) is 5.36. The number of pyridine rings is 1. The average molecular weight is 385 g/mol. The molecule has 2 fully saturated rings. The van der Waals surface area contributed by atoms with Crippen molar-refractivity contribution in [1.29, 1.82) is 0 Å². The van der Waals surface area contributed by atoms with Crippen molar-refractivity contribution in [2.45, 2.75) is 37.3 Å². The Morgan fingerprint density at radius 1 is 1.22 bits per heavy atom. The summed E-state index contributed by atoms with van der Waals surface area (Å²) in [6, 6.07) is 2.36. The monoisotopic (exact) mass is 385 g/mol. The van der Waals surface area contributed by atoms with Crippen molar-refractivity contribution in [3.63, 3.8) is 0 Å². The standard InChI is InChI=1S/C18H16F5N3O/c1-10-12(7-25-14(10)15(27)26-8-17(19,20)9-26)16(4-5-16)11-2-3-13(24-6-11)18(21,22)23/h2-3,6-7,25H,4-5,8-9H2,1H3. The number of likely N-dealkylation sites (tertiary alicyclic amines) is 1. The lowest BCUT2D eigenvalue weighted by Gasteiger charge is -2.38. The maximum atomic E-state index is 13.0. The number of hydrogen-bond donors (Lipinski definition) is 1. The molecular weight excluding hydrogens is 369 g/mol. The van der Waals surface area contributed by atoms with E-state index in [-0.39, 0.29) is 5.69 Å². The zero-order valence-corrected chi connectivity index (χ0v) is 14.3. The van der Waals surface area contributed by atoms with Gasteiger partial charge in [0.1, 0.15) is 11.4 Å². The van der Waals surface area contributed by atoms with Crippen LogP contribution < -0.4 is 0 Å². The van der Waals surface area contributed by atoms with Crippen LogP contribution in [0.5, 0.6) is 0 Å². The van der Waals surface area contributed by atoms with Crippen LogP contribution in [0.15, 0.2) is 24.5 Å². The van der Waals surface area contributed by atoms with E-state index in [9.17, 15) is 26.7 Å². The second-order valence-corrected chi connectivity index (χ2v) is 7.23. The molecule has 2 aromatic heterocycles. The Balaban J connectivity index is 1.61. The normalized spacial score (nSPS) is 20.3. The van der Waals surface area contributed by atoms with Crippen LogP contribution >= 0.6 is 0 Å². The summed E-state index contributed by atoms with van der Waals surface area (Å²) in [5.41, 5.74) is 0.864. The third kappa shape index (κ3) is 2.89. The van der Waals surface area contributed by atoms with Gasteiger partial charge in [0, 0.05) is 17.8 Å². The van der Waals surface area contributed by atoms with E-state index in [2.05, 4.69) is 9.97 Å². The molecule has 1 saturated heterocycles. The second-order valence-electron chi connectivity index (χ2n) is 7.23. The van der Waals surface area contributed by atoms with Crippen molar-refractivity contribution in [1.82, 2.24) is 14.9 Å². The van der Waals surface area contributed by atoms with Gasteiger partial charge in [-0.05, 0) is 42.5 Å². The van der Waals surface area contributed by atoms with Crippen LogP contribution in [0.3, 0.4) is 0 Å². The SMILES string of the molecule is Cc1c(C2(c3ccc(C(F)(F)F)nc3)CC2)c[nH]c1C(=O)N1CC(F)(F)C1. The second kappa shape index (κ2) is 5.53. The molecule has 1 N–H and O–H groups in total. The van der Waals surface area contributed by atoms with Gasteiger partial charge in [-0.15, -0.1) is 0 Å². The number of amides is 1. The van der Waals surface area contributed by atoms with E-state index in [0.717, 1.165) is 16.5 Å². The molecule has 2 aromatic rings. The molecule has 0 spiro atoms. The molecule has 0 atom stereocenters. The number of aromatic amines is 1. The predicted molar refractivity (Wildman–Crippen MR) is 85.6 cm³/mol. The zero-order chi connectivity index (χ0) is 19.6. The van der Waals surface area contributed by atoms with Gasteiger partial charge in [-0.3, -0.25) is 9.78 Å². The fourth-order valence-corrected chi connectivity index (χ4v) is 3.71. The van der Waals surface area contributed by atoms with Gasteiger partial charge in [0.15, 0.2) is 0 Å². The summed E-state index contributed by atoms with van der Waals surface area (Å²) in [7, 11) is 0. The summed E-state index contributed by atoms with van der Waals surface area (Å²) in [6.45, 7) is 0.510. The number of carbonyl (C=O) groups is 1. The molecule has 0 aromatic carbocycles. The van der Waals surface area contributed by atoms with E-state index in [1.54, 1.807) is 13.1 Å². The zero-order valence-electron chi connectivity index (χ0n) is 14.3. The van der Waals surface area contributed by atoms with E-state index < -0.39 is 42.2 Å². The van der Waals surface area contributed by atoms with Gasteiger partial charge in [-0.1, -0.05) is 6.07 Å². The molecule has 2 aliphatic rings. The van der Waals surface area contributed by atoms with Crippen LogP contribution in [0, 0.1) is 6.92 Å². The number of aromatic nitrogens is 2. The maximum Gasteiger partial charge on any atom is 0.433 e. The Bertz CT molecular complexity index is 889. The lowest BCUT2D eigenvalue weighted by molar-refractivity contribution is -0.141. The van der Waals surface area contributed by atoms with Gasteiger partial charge in [0.25, 0.3) is 11.8 Å². The molecule has 4 nitrogen and oxygen atoms in total. The minimum atomic E-state index is -4.50. The van der Waals surface area contributed by atoms with Gasteiger partial charge >= 0.3 is 6.18 Å². The van der Waals surface area contributed by atoms with Gasteiger partial charge in [0.05, 0.1) is 13.1 Å². The molecule has 1 amide bonds. The summed E-state index contributed by atoms with van der Waals surface area (Å²) in [6.07, 6.45) is -0.203. The Morgan fingerprint density at radius 2 is 1.89 bits per heavy atom. The minimum absolute atomic E-state index is 0.242. The van der Waals surface area contributed by atoms with Gasteiger partial charge in [-0.25, -0.2) is 8.78 Å². The number of H-pyrrole nitrogens is 1. The van der Waals surface area contributed by atoms with Gasteiger partial charge in [-0.2, -0.15) is 13.2 Å². The summed E-state index contributed by atoms with van der Waals surface area (Å²) >= 11 is 0. The first-order chi connectivity index (χ1) is 12.5. The van der Waals surface area contributed by atoms with Crippen molar-refractivity contribution in [2.24, 2.45) is 0 Å². The maximum absolute atomic E-state index is 13.0. The first-order valence-electron chi connectivity index (χ1n) is 8.43. The lowest BCUT2D eigenvalue weighted by atomic mass is 9.88. The topological polar surface area (TPSA) is 49.0 Å². The van der Waals surface area contributed by atoms with Crippen LogP contribution in [0.1, 0.15) is 45.7 Å². The van der Waals surface area contributed by atoms with E-state index in [0.29, 0.717) is 24.0 Å². The minimum Gasteiger partial charge on any atom is -0.357 e. The fraction of sp³-hybridized carbons (Fsp3) is 0.444. The number of nitrogens with zero attached hydrogens (tertiary/aromatic N) is 2. The molecule has 1 aliphatic heterocycles. The van der Waals surface area contributed by atoms with Crippen LogP contribution in [0.2, 0.25) is 0 Å². The fourth-order valence-electron chi connectivity index (χ4n) is 3.71. The number of hydrogen-bond acceptors (Lipinski definition) is 2. The van der Waals surface area contributed by atoms with E-state index in [1.165, 1.54) is 12.3 Å². The van der Waals surface area contributed by atoms with Crippen molar-refractivity contribution in [3.8, 4) is 0 Å². The molecule has 0 radical (unpaired) electrons. The smallest absolute Gasteiger partial charge is 0.357 e. The first kappa shape index (κ1) is 17.9. The van der Waals surface area contributed by atoms with Crippen LogP contribution in [-0.4, -0.2) is 39.8 Å². The molecule has 27 heavy (non-hydrogen) atoms. The first-order valence-corrected chi connectivity index (χ1v) is 8.43. The molecule has 9 heteroatoms. The molecule has 3 heterocycles. The summed E-state index contributed by atoms with van der Waals surface area (Å²) in [4.78, 5) is 19.9. The third-order valence-corrected chi connectivity index (χ3v) is 5.36. The number of nitrogens with one attached hydrogen (secondary N) is 1. The van der Waals surface area contributed by atoms with E-state index in [1.807, 2.05) is 0 Å². The Kier molecular flexibility index (Phi) is 3.67. The van der Waals surface area contributed by atoms with Crippen LogP contribution in [0.25, 0.3) is 0 Å². The summed E-state index contributed by atoms with van der Waals surface area (Å²) < 4.78 is 64.2. The highest BCUT2D eigenvalue weighted by Gasteiger charge is 2.50. The van der Waals surface area contributed by atoms with E-state index >= 15 is 0 Å². The molecule has 0 unspecified atom stereocenters. The van der Waals surface area contributed by atoms with E-state index in [4.69, 9.17) is 0 Å². The Morgan fingerprint density at radius 3 is 2.37 bits per heavy atom. The number of carbonyl (C=O) groups excluding carboxylic acids is 1. The van der Waals surface area contributed by atoms with Crippen molar-refractivity contribution >= 4 is 5.91 Å². The largest absolute Gasteiger partial charge is 0.433 e. The van der Waals surface area contributed by atoms with Crippen molar-refractivity contribution in [2.75, 3.05) is 13.1 Å². The Hall–Kier alpha value is -2.45. The molecule has 1 aliphatic carbocycles. The molecule has 1 saturated carbocycles. The summed E-state index contributed by atoms with van der Waals surface area (Å²) in [5, 5.41) is 0. The van der Waals surface area contributed by atoms with Crippen LogP contribution in [-0.2, 0) is 11.6 Å². The quantitative estimate of drug-likeness (QED) is 0.815. The summed E-state index contributed by atoms with van der Waals surface area (Å²) in [5.74, 6) is -3.34. The molecule has 144 valence electrons. The average Bonchev–Trinajstić information content (AvgIpc) is 3.28. The Labute approximate surface area is 151 Å². The number of rotatable bonds is 3. The van der Waals surface area contributed by atoms with Crippen LogP contribution in [0.4, 0.5) is 22.0 Å².